The molecule has 1 aromatic carbocycles. The molecular weight excluding hydrogens is 367 g/mol. The molecule has 1 aromatic heterocycles. The minimum atomic E-state index is -0.287. The van der Waals surface area contributed by atoms with Crippen LogP contribution in [-0.4, -0.2) is 9.97 Å². The van der Waals surface area contributed by atoms with Crippen LogP contribution in [0.3, 0.4) is 0 Å². The zero-order chi connectivity index (χ0) is 13.1. The fraction of sp³-hybridized carbons (Fsp3) is 0.0909. The zero-order valence-electron chi connectivity index (χ0n) is 9.12. The van der Waals surface area contributed by atoms with E-state index in [2.05, 4.69) is 47.1 Å². The summed E-state index contributed by atoms with van der Waals surface area (Å²) in [5.74, 6) is 0.459. The highest BCUT2D eigenvalue weighted by atomic mass is 79.9. The first kappa shape index (κ1) is 13.2. The van der Waals surface area contributed by atoms with E-state index in [1.807, 2.05) is 0 Å². The predicted molar refractivity (Wildman–Crippen MR) is 75.6 cm³/mol. The SMILES string of the molecule is Nc1cc(Br)nc(NCc2cc(F)ccc2Br)n1. The van der Waals surface area contributed by atoms with Crippen molar-refractivity contribution in [3.63, 3.8) is 0 Å². The van der Waals surface area contributed by atoms with Crippen LogP contribution < -0.4 is 11.1 Å². The van der Waals surface area contributed by atoms with E-state index < -0.39 is 0 Å². The lowest BCUT2D eigenvalue weighted by atomic mass is 10.2. The third-order valence-electron chi connectivity index (χ3n) is 2.16. The van der Waals surface area contributed by atoms with Gasteiger partial charge in [-0.05, 0) is 39.7 Å². The van der Waals surface area contributed by atoms with E-state index in [0.717, 1.165) is 10.0 Å². The number of rotatable bonds is 3. The van der Waals surface area contributed by atoms with Gasteiger partial charge >= 0.3 is 0 Å². The maximum absolute atomic E-state index is 13.1. The molecule has 0 saturated heterocycles. The molecule has 0 atom stereocenters. The Bertz CT molecular complexity index is 557. The maximum Gasteiger partial charge on any atom is 0.225 e. The Morgan fingerprint density at radius 1 is 1.22 bits per heavy atom. The first-order valence-corrected chi connectivity index (χ1v) is 6.61. The molecule has 0 aliphatic carbocycles. The Hall–Kier alpha value is -1.21. The second kappa shape index (κ2) is 5.62. The Morgan fingerprint density at radius 3 is 2.72 bits per heavy atom. The monoisotopic (exact) mass is 374 g/mol. The summed E-state index contributed by atoms with van der Waals surface area (Å²) < 4.78 is 14.5. The molecule has 0 unspecified atom stereocenters. The van der Waals surface area contributed by atoms with Crippen LogP contribution in [-0.2, 0) is 6.54 Å². The molecule has 94 valence electrons. The largest absolute Gasteiger partial charge is 0.383 e. The van der Waals surface area contributed by atoms with Crippen molar-refractivity contribution in [2.75, 3.05) is 11.1 Å². The molecule has 2 aromatic rings. The molecule has 0 fully saturated rings. The van der Waals surface area contributed by atoms with E-state index in [1.54, 1.807) is 12.1 Å². The van der Waals surface area contributed by atoms with Gasteiger partial charge in [-0.15, -0.1) is 0 Å². The lowest BCUT2D eigenvalue weighted by Crippen LogP contribution is -2.06. The average molecular weight is 376 g/mol. The Labute approximate surface area is 120 Å². The van der Waals surface area contributed by atoms with Gasteiger partial charge in [-0.25, -0.2) is 9.37 Å². The van der Waals surface area contributed by atoms with Crippen molar-refractivity contribution in [2.24, 2.45) is 0 Å². The third kappa shape index (κ3) is 3.39. The van der Waals surface area contributed by atoms with Crippen LogP contribution in [0.4, 0.5) is 16.2 Å². The molecule has 0 amide bonds. The molecule has 0 spiro atoms. The van der Waals surface area contributed by atoms with E-state index >= 15 is 0 Å². The van der Waals surface area contributed by atoms with Gasteiger partial charge in [0.2, 0.25) is 5.95 Å². The minimum Gasteiger partial charge on any atom is -0.383 e. The molecule has 3 N–H and O–H groups in total. The van der Waals surface area contributed by atoms with Crippen LogP contribution in [0.15, 0.2) is 33.3 Å². The Kier molecular flexibility index (Phi) is 4.13. The molecule has 1 heterocycles. The number of nitrogens with one attached hydrogen (secondary N) is 1. The topological polar surface area (TPSA) is 63.8 Å². The summed E-state index contributed by atoms with van der Waals surface area (Å²) in [6, 6.07) is 6.09. The van der Waals surface area contributed by atoms with Crippen molar-refractivity contribution in [1.29, 1.82) is 0 Å². The van der Waals surface area contributed by atoms with Crippen molar-refractivity contribution >= 4 is 43.6 Å². The molecule has 0 saturated carbocycles. The van der Waals surface area contributed by atoms with Crippen molar-refractivity contribution < 1.29 is 4.39 Å². The molecule has 0 aliphatic heterocycles. The van der Waals surface area contributed by atoms with Crippen LogP contribution in [0.5, 0.6) is 0 Å². The van der Waals surface area contributed by atoms with Gasteiger partial charge in [-0.1, -0.05) is 15.9 Å². The fourth-order valence-corrected chi connectivity index (χ4v) is 2.16. The van der Waals surface area contributed by atoms with Crippen molar-refractivity contribution in [3.8, 4) is 0 Å². The summed E-state index contributed by atoms with van der Waals surface area (Å²) in [6.45, 7) is 0.397. The number of nitrogens with zero attached hydrogens (tertiary/aromatic N) is 2. The molecular formula is C11H9Br2FN4. The highest BCUT2D eigenvalue weighted by Gasteiger charge is 2.04. The molecule has 18 heavy (non-hydrogen) atoms. The lowest BCUT2D eigenvalue weighted by molar-refractivity contribution is 0.625. The number of hydrogen-bond acceptors (Lipinski definition) is 4. The van der Waals surface area contributed by atoms with E-state index in [4.69, 9.17) is 5.73 Å². The van der Waals surface area contributed by atoms with Gasteiger partial charge in [-0.2, -0.15) is 4.98 Å². The van der Waals surface area contributed by atoms with Crippen molar-refractivity contribution in [2.45, 2.75) is 6.54 Å². The smallest absolute Gasteiger partial charge is 0.225 e. The van der Waals surface area contributed by atoms with Gasteiger partial charge in [0.1, 0.15) is 16.2 Å². The third-order valence-corrected chi connectivity index (χ3v) is 3.34. The molecule has 4 nitrogen and oxygen atoms in total. The second-order valence-corrected chi connectivity index (χ2v) is 5.20. The highest BCUT2D eigenvalue weighted by Crippen LogP contribution is 2.19. The predicted octanol–water partition coefficient (Wildman–Crippen LogP) is 3.34. The number of nitrogen functional groups attached to an aromatic ring is 1. The maximum atomic E-state index is 13.1. The number of nitrogens with two attached hydrogens (primary N) is 1. The summed E-state index contributed by atoms with van der Waals surface area (Å²) >= 11 is 6.58. The van der Waals surface area contributed by atoms with Gasteiger partial charge in [0.05, 0.1) is 0 Å². The fourth-order valence-electron chi connectivity index (χ4n) is 1.37. The summed E-state index contributed by atoms with van der Waals surface area (Å²) in [5, 5.41) is 2.98. The molecule has 2 rings (SSSR count). The second-order valence-electron chi connectivity index (χ2n) is 3.53. The van der Waals surface area contributed by atoms with E-state index in [9.17, 15) is 4.39 Å². The Morgan fingerprint density at radius 2 is 2.00 bits per heavy atom. The summed E-state index contributed by atoms with van der Waals surface area (Å²) in [4.78, 5) is 8.12. The lowest BCUT2D eigenvalue weighted by Gasteiger charge is -2.07. The van der Waals surface area contributed by atoms with Crippen LogP contribution in [0.25, 0.3) is 0 Å². The minimum absolute atomic E-state index is 0.287. The van der Waals surface area contributed by atoms with Gasteiger partial charge in [-0.3, -0.25) is 0 Å². The number of aromatic nitrogens is 2. The van der Waals surface area contributed by atoms with Crippen LogP contribution in [0, 0.1) is 5.82 Å². The van der Waals surface area contributed by atoms with E-state index in [0.29, 0.717) is 22.9 Å². The number of halogens is 3. The summed E-state index contributed by atoms with van der Waals surface area (Å²) in [5.41, 5.74) is 6.37. The normalized spacial score (nSPS) is 10.4. The van der Waals surface area contributed by atoms with Crippen LogP contribution >= 0.6 is 31.9 Å². The van der Waals surface area contributed by atoms with E-state index in [1.165, 1.54) is 12.1 Å². The molecule has 7 heteroatoms. The number of benzene rings is 1. The number of anilines is 2. The summed E-state index contributed by atoms with van der Waals surface area (Å²) in [6.07, 6.45) is 0. The standard InChI is InChI=1S/C11H9Br2FN4/c12-8-2-1-7(14)3-6(8)5-16-11-17-9(13)4-10(15)18-11/h1-4H,5H2,(H3,15,16,17,18). The Balaban J connectivity index is 2.13. The first-order chi connectivity index (χ1) is 8.54. The molecule has 0 radical (unpaired) electrons. The van der Waals surface area contributed by atoms with E-state index in [-0.39, 0.29) is 5.82 Å². The van der Waals surface area contributed by atoms with Gasteiger partial charge in [0.25, 0.3) is 0 Å². The number of hydrogen-bond donors (Lipinski definition) is 2. The quantitative estimate of drug-likeness (QED) is 0.807. The first-order valence-electron chi connectivity index (χ1n) is 5.02. The van der Waals surface area contributed by atoms with Gasteiger partial charge in [0, 0.05) is 17.1 Å². The van der Waals surface area contributed by atoms with Gasteiger partial charge < -0.3 is 11.1 Å². The highest BCUT2D eigenvalue weighted by molar-refractivity contribution is 9.10. The van der Waals surface area contributed by atoms with Gasteiger partial charge in [0.15, 0.2) is 0 Å². The molecule has 0 bridgehead atoms. The van der Waals surface area contributed by atoms with Crippen LogP contribution in [0.2, 0.25) is 0 Å². The average Bonchev–Trinajstić information content (AvgIpc) is 2.29. The van der Waals surface area contributed by atoms with Crippen molar-refractivity contribution in [3.05, 3.63) is 44.7 Å². The van der Waals surface area contributed by atoms with Crippen molar-refractivity contribution in [1.82, 2.24) is 9.97 Å². The summed E-state index contributed by atoms with van der Waals surface area (Å²) in [7, 11) is 0. The van der Waals surface area contributed by atoms with Crippen LogP contribution in [0.1, 0.15) is 5.56 Å². The molecule has 0 aliphatic rings. The zero-order valence-corrected chi connectivity index (χ0v) is 12.3.